The van der Waals surface area contributed by atoms with Gasteiger partial charge in [0.05, 0.1) is 5.69 Å². The number of hydrogen-bond donors (Lipinski definition) is 1. The minimum atomic E-state index is 0.121. The number of ketones is 1. The van der Waals surface area contributed by atoms with Crippen molar-refractivity contribution in [1.82, 2.24) is 10.2 Å². The van der Waals surface area contributed by atoms with Gasteiger partial charge in [-0.2, -0.15) is 5.10 Å². The van der Waals surface area contributed by atoms with E-state index >= 15 is 0 Å². The number of Topliss-reactive ketones (excluding diaryl/α,β-unsaturated/α-hetero) is 1. The molecule has 0 saturated heterocycles. The molecular formula is C13H18N2O. The fourth-order valence-corrected chi connectivity index (χ4v) is 3.38. The highest BCUT2D eigenvalue weighted by Crippen LogP contribution is 2.63. The average molecular weight is 218 g/mol. The zero-order valence-corrected chi connectivity index (χ0v) is 10.1. The van der Waals surface area contributed by atoms with Crippen LogP contribution in [0.1, 0.15) is 54.9 Å². The monoisotopic (exact) mass is 218 g/mol. The van der Waals surface area contributed by atoms with Crippen LogP contribution in [0.15, 0.2) is 0 Å². The maximum absolute atomic E-state index is 11.4. The van der Waals surface area contributed by atoms with Gasteiger partial charge in [-0.3, -0.25) is 9.89 Å². The van der Waals surface area contributed by atoms with Crippen molar-refractivity contribution >= 4 is 5.78 Å². The molecule has 2 aliphatic carbocycles. The number of hydrogen-bond acceptors (Lipinski definition) is 2. The first-order valence-electron chi connectivity index (χ1n) is 6.17. The van der Waals surface area contributed by atoms with E-state index in [1.807, 2.05) is 0 Å². The second-order valence-electron chi connectivity index (χ2n) is 5.71. The van der Waals surface area contributed by atoms with Crippen molar-refractivity contribution in [3.05, 3.63) is 17.0 Å². The highest BCUT2D eigenvalue weighted by Gasteiger charge is 2.57. The Labute approximate surface area is 95.6 Å². The van der Waals surface area contributed by atoms with Crippen LogP contribution in [-0.2, 0) is 6.42 Å². The van der Waals surface area contributed by atoms with Gasteiger partial charge < -0.3 is 0 Å². The number of carbonyl (C=O) groups is 1. The van der Waals surface area contributed by atoms with Crippen LogP contribution in [0.3, 0.4) is 0 Å². The van der Waals surface area contributed by atoms with Crippen LogP contribution in [0.2, 0.25) is 0 Å². The van der Waals surface area contributed by atoms with Gasteiger partial charge in [0.25, 0.3) is 0 Å². The molecule has 1 saturated carbocycles. The van der Waals surface area contributed by atoms with Crippen LogP contribution in [-0.4, -0.2) is 16.0 Å². The van der Waals surface area contributed by atoms with Gasteiger partial charge in [-0.15, -0.1) is 0 Å². The average Bonchev–Trinajstić information content (AvgIpc) is 2.60. The Morgan fingerprint density at radius 3 is 2.94 bits per heavy atom. The van der Waals surface area contributed by atoms with E-state index in [1.165, 1.54) is 17.7 Å². The molecule has 1 heterocycles. The van der Waals surface area contributed by atoms with Gasteiger partial charge in [-0.05, 0) is 30.6 Å². The largest absolute Gasteiger partial charge is 0.293 e. The lowest BCUT2D eigenvalue weighted by Crippen LogP contribution is -2.01. The number of aromatic amines is 1. The summed E-state index contributed by atoms with van der Waals surface area (Å²) in [5, 5.41) is 7.26. The molecule has 1 N–H and O–H groups in total. The van der Waals surface area contributed by atoms with Gasteiger partial charge in [0.15, 0.2) is 5.78 Å². The van der Waals surface area contributed by atoms with E-state index in [0.29, 0.717) is 5.92 Å². The second kappa shape index (κ2) is 3.19. The highest BCUT2D eigenvalue weighted by molar-refractivity contribution is 5.94. The van der Waals surface area contributed by atoms with E-state index in [-0.39, 0.29) is 5.78 Å². The minimum absolute atomic E-state index is 0.121. The van der Waals surface area contributed by atoms with Crippen LogP contribution >= 0.6 is 0 Å². The van der Waals surface area contributed by atoms with Gasteiger partial charge in [-0.25, -0.2) is 0 Å². The predicted molar refractivity (Wildman–Crippen MR) is 61.5 cm³/mol. The molecule has 3 unspecified atom stereocenters. The lowest BCUT2D eigenvalue weighted by atomic mass is 9.98. The highest BCUT2D eigenvalue weighted by atomic mass is 16.1. The molecule has 3 rings (SSSR count). The number of rotatable bonds is 3. The Kier molecular flexibility index (Phi) is 2.00. The summed E-state index contributed by atoms with van der Waals surface area (Å²) in [7, 11) is 0. The van der Waals surface area contributed by atoms with Crippen LogP contribution in [0.5, 0.6) is 0 Å². The van der Waals surface area contributed by atoms with Gasteiger partial charge in [0, 0.05) is 18.4 Å². The molecule has 0 radical (unpaired) electrons. The molecule has 1 aromatic rings. The standard InChI is InChI=1S/C13H18N2O/c1-6(2)4-8-9-5-10-12(7(3)16)14-15-13(10)11(8)9/h6,8-9,11H,4-5H2,1-3H3,(H,14,15). The SMILES string of the molecule is CC(=O)c1[nH]nc2c1CC1C(CC(C)C)C21. The summed E-state index contributed by atoms with van der Waals surface area (Å²) in [5.74, 6) is 3.16. The molecule has 86 valence electrons. The van der Waals surface area contributed by atoms with Crippen molar-refractivity contribution in [2.24, 2.45) is 17.8 Å². The van der Waals surface area contributed by atoms with E-state index < -0.39 is 0 Å². The van der Waals surface area contributed by atoms with Crippen LogP contribution in [0, 0.1) is 17.8 Å². The summed E-state index contributed by atoms with van der Waals surface area (Å²) in [4.78, 5) is 11.4. The molecule has 0 aliphatic heterocycles. The molecular weight excluding hydrogens is 200 g/mol. The first kappa shape index (κ1) is 10.1. The molecule has 0 bridgehead atoms. The first-order valence-corrected chi connectivity index (χ1v) is 6.17. The molecule has 2 aliphatic rings. The summed E-state index contributed by atoms with van der Waals surface area (Å²) < 4.78 is 0. The van der Waals surface area contributed by atoms with Crippen molar-refractivity contribution < 1.29 is 4.79 Å². The van der Waals surface area contributed by atoms with E-state index in [1.54, 1.807) is 6.92 Å². The maximum Gasteiger partial charge on any atom is 0.177 e. The minimum Gasteiger partial charge on any atom is -0.293 e. The van der Waals surface area contributed by atoms with Crippen LogP contribution < -0.4 is 0 Å². The van der Waals surface area contributed by atoms with Crippen molar-refractivity contribution in [2.75, 3.05) is 0 Å². The van der Waals surface area contributed by atoms with Gasteiger partial charge in [0.2, 0.25) is 0 Å². The fraction of sp³-hybridized carbons (Fsp3) is 0.692. The third kappa shape index (κ3) is 1.27. The lowest BCUT2D eigenvalue weighted by Gasteiger charge is -2.06. The van der Waals surface area contributed by atoms with E-state index in [2.05, 4.69) is 24.0 Å². The number of nitrogens with one attached hydrogen (secondary N) is 1. The van der Waals surface area contributed by atoms with Crippen molar-refractivity contribution in [2.45, 2.75) is 39.5 Å². The molecule has 16 heavy (non-hydrogen) atoms. The van der Waals surface area contributed by atoms with Gasteiger partial charge >= 0.3 is 0 Å². The summed E-state index contributed by atoms with van der Waals surface area (Å²) in [5.41, 5.74) is 3.16. The number of H-pyrrole nitrogens is 1. The number of aromatic nitrogens is 2. The third-order valence-corrected chi connectivity index (χ3v) is 4.08. The van der Waals surface area contributed by atoms with Gasteiger partial charge in [-0.1, -0.05) is 13.8 Å². The van der Waals surface area contributed by atoms with E-state index in [4.69, 9.17) is 0 Å². The first-order chi connectivity index (χ1) is 7.59. The molecule has 0 aromatic carbocycles. The Morgan fingerprint density at radius 1 is 1.56 bits per heavy atom. The zero-order chi connectivity index (χ0) is 11.4. The zero-order valence-electron chi connectivity index (χ0n) is 10.1. The van der Waals surface area contributed by atoms with Crippen LogP contribution in [0.4, 0.5) is 0 Å². The van der Waals surface area contributed by atoms with Crippen molar-refractivity contribution in [3.63, 3.8) is 0 Å². The fourth-order valence-electron chi connectivity index (χ4n) is 3.38. The predicted octanol–water partition coefficient (Wildman–Crippen LogP) is 2.54. The van der Waals surface area contributed by atoms with Gasteiger partial charge in [0.1, 0.15) is 5.69 Å². The van der Waals surface area contributed by atoms with E-state index in [9.17, 15) is 4.79 Å². The molecule has 3 nitrogen and oxygen atoms in total. The lowest BCUT2D eigenvalue weighted by molar-refractivity contribution is 0.101. The van der Waals surface area contributed by atoms with E-state index in [0.717, 1.165) is 29.9 Å². The quantitative estimate of drug-likeness (QED) is 0.792. The maximum atomic E-state index is 11.4. The van der Waals surface area contributed by atoms with Crippen LogP contribution in [0.25, 0.3) is 0 Å². The molecule has 3 heteroatoms. The van der Waals surface area contributed by atoms with Crippen molar-refractivity contribution in [1.29, 1.82) is 0 Å². The molecule has 1 aromatic heterocycles. The summed E-state index contributed by atoms with van der Waals surface area (Å²) in [6.07, 6.45) is 2.37. The molecule has 1 fully saturated rings. The molecule has 0 spiro atoms. The number of fused-ring (bicyclic) bond motifs is 3. The smallest absolute Gasteiger partial charge is 0.177 e. The Balaban J connectivity index is 1.83. The topological polar surface area (TPSA) is 45.8 Å². The van der Waals surface area contributed by atoms with Crippen molar-refractivity contribution in [3.8, 4) is 0 Å². The summed E-state index contributed by atoms with van der Waals surface area (Å²) >= 11 is 0. The molecule has 0 amide bonds. The Morgan fingerprint density at radius 2 is 2.31 bits per heavy atom. The number of nitrogens with zero attached hydrogens (tertiary/aromatic N) is 1. The normalized spacial score (nSPS) is 30.4. The molecule has 3 atom stereocenters. The number of carbonyl (C=O) groups excluding carboxylic acids is 1. The third-order valence-electron chi connectivity index (χ3n) is 4.08. The Hall–Kier alpha value is -1.12. The Bertz CT molecular complexity index is 447. The summed E-state index contributed by atoms with van der Waals surface area (Å²) in [6, 6.07) is 0. The second-order valence-corrected chi connectivity index (χ2v) is 5.71. The summed E-state index contributed by atoms with van der Waals surface area (Å²) in [6.45, 7) is 6.17.